The Balaban J connectivity index is 1.50. The molecule has 136 valence electrons. The van der Waals surface area contributed by atoms with Gasteiger partial charge < -0.3 is 14.5 Å². The number of ketones is 1. The summed E-state index contributed by atoms with van der Waals surface area (Å²) in [6, 6.07) is 17.0. The van der Waals surface area contributed by atoms with Crippen LogP contribution in [0.4, 0.5) is 11.4 Å². The number of nitrogens with zero attached hydrogens (tertiary/aromatic N) is 2. The summed E-state index contributed by atoms with van der Waals surface area (Å²) in [6.45, 7) is 9.62. The quantitative estimate of drug-likeness (QED) is 0.842. The van der Waals surface area contributed by atoms with Gasteiger partial charge in [-0.25, -0.2) is 0 Å². The van der Waals surface area contributed by atoms with Crippen molar-refractivity contribution in [2.45, 2.75) is 32.3 Å². The Labute approximate surface area is 155 Å². The maximum absolute atomic E-state index is 12.1. The van der Waals surface area contributed by atoms with Crippen LogP contribution in [0.2, 0.25) is 0 Å². The summed E-state index contributed by atoms with van der Waals surface area (Å²) in [5.74, 6) is 1.00. The molecule has 0 bridgehead atoms. The highest BCUT2D eigenvalue weighted by Gasteiger charge is 2.46. The molecule has 1 saturated heterocycles. The van der Waals surface area contributed by atoms with Gasteiger partial charge in [0.2, 0.25) is 0 Å². The van der Waals surface area contributed by atoms with Gasteiger partial charge in [0.15, 0.2) is 11.4 Å². The second-order valence-corrected chi connectivity index (χ2v) is 7.52. The molecule has 1 fully saturated rings. The average Bonchev–Trinajstić information content (AvgIpc) is 2.94. The minimum atomic E-state index is -0.743. The van der Waals surface area contributed by atoms with Gasteiger partial charge in [-0.2, -0.15) is 0 Å². The van der Waals surface area contributed by atoms with Crippen LogP contribution in [0.3, 0.4) is 0 Å². The molecule has 4 heteroatoms. The predicted octanol–water partition coefficient (Wildman–Crippen LogP) is 3.86. The summed E-state index contributed by atoms with van der Waals surface area (Å²) in [5, 5.41) is 0. The third-order valence-electron chi connectivity index (χ3n) is 6.07. The van der Waals surface area contributed by atoms with Crippen LogP contribution in [0.25, 0.3) is 0 Å². The smallest absolute Gasteiger partial charge is 0.173 e. The number of fused-ring (bicyclic) bond motifs is 1. The van der Waals surface area contributed by atoms with Crippen molar-refractivity contribution in [3.05, 3.63) is 54.1 Å². The zero-order chi connectivity index (χ0) is 18.3. The minimum absolute atomic E-state index is 0.0700. The lowest BCUT2D eigenvalue weighted by atomic mass is 9.84. The highest BCUT2D eigenvalue weighted by atomic mass is 16.5. The highest BCUT2D eigenvalue weighted by molar-refractivity contribution is 5.87. The Morgan fingerprint density at radius 1 is 1.00 bits per heavy atom. The van der Waals surface area contributed by atoms with Crippen LogP contribution < -0.4 is 14.5 Å². The van der Waals surface area contributed by atoms with Crippen molar-refractivity contribution < 1.29 is 9.53 Å². The van der Waals surface area contributed by atoms with Gasteiger partial charge in [0.1, 0.15) is 5.75 Å². The molecule has 0 aliphatic carbocycles. The Bertz CT molecular complexity index is 812. The van der Waals surface area contributed by atoms with Gasteiger partial charge in [0.05, 0.1) is 0 Å². The van der Waals surface area contributed by atoms with E-state index >= 15 is 0 Å². The van der Waals surface area contributed by atoms with Crippen LogP contribution in [0.5, 0.6) is 5.75 Å². The molecule has 0 amide bonds. The predicted molar refractivity (Wildman–Crippen MR) is 105 cm³/mol. The molecule has 2 aliphatic heterocycles. The molecule has 26 heavy (non-hydrogen) atoms. The van der Waals surface area contributed by atoms with E-state index in [1.165, 1.54) is 11.4 Å². The topological polar surface area (TPSA) is 32.8 Å². The van der Waals surface area contributed by atoms with Crippen LogP contribution in [-0.4, -0.2) is 37.6 Å². The van der Waals surface area contributed by atoms with E-state index in [4.69, 9.17) is 4.74 Å². The van der Waals surface area contributed by atoms with Gasteiger partial charge in [-0.15, -0.1) is 0 Å². The number of rotatable bonds is 3. The molecular formula is C22H26N2O2. The van der Waals surface area contributed by atoms with Gasteiger partial charge in [-0.3, -0.25) is 4.79 Å². The largest absolute Gasteiger partial charge is 0.479 e. The molecule has 4 nitrogen and oxygen atoms in total. The molecule has 2 aliphatic rings. The third kappa shape index (κ3) is 2.74. The summed E-state index contributed by atoms with van der Waals surface area (Å²) in [5.41, 5.74) is 2.92. The molecule has 2 aromatic carbocycles. The van der Waals surface area contributed by atoms with Crippen molar-refractivity contribution in [3.63, 3.8) is 0 Å². The fourth-order valence-electron chi connectivity index (χ4n) is 4.02. The monoisotopic (exact) mass is 350 g/mol. The second kappa shape index (κ2) is 6.35. The van der Waals surface area contributed by atoms with E-state index in [-0.39, 0.29) is 11.7 Å². The zero-order valence-electron chi connectivity index (χ0n) is 15.7. The number of hydrogen-bond acceptors (Lipinski definition) is 4. The van der Waals surface area contributed by atoms with E-state index < -0.39 is 5.60 Å². The lowest BCUT2D eigenvalue weighted by Gasteiger charge is -2.37. The van der Waals surface area contributed by atoms with Crippen molar-refractivity contribution in [3.8, 4) is 5.75 Å². The fourth-order valence-corrected chi connectivity index (χ4v) is 4.02. The molecule has 0 N–H and O–H groups in total. The zero-order valence-corrected chi connectivity index (χ0v) is 15.7. The Morgan fingerprint density at radius 3 is 2.23 bits per heavy atom. The second-order valence-electron chi connectivity index (χ2n) is 7.52. The summed E-state index contributed by atoms with van der Waals surface area (Å²) in [7, 11) is 0. The number of anilines is 2. The van der Waals surface area contributed by atoms with Gasteiger partial charge >= 0.3 is 0 Å². The maximum Gasteiger partial charge on any atom is 0.173 e. The number of benzene rings is 2. The van der Waals surface area contributed by atoms with Crippen molar-refractivity contribution in [2.75, 3.05) is 36.0 Å². The van der Waals surface area contributed by atoms with Crippen LogP contribution in [0.15, 0.2) is 48.5 Å². The summed E-state index contributed by atoms with van der Waals surface area (Å²) in [4.78, 5) is 16.9. The first kappa shape index (κ1) is 17.0. The molecule has 0 saturated carbocycles. The van der Waals surface area contributed by atoms with Crippen molar-refractivity contribution in [1.82, 2.24) is 0 Å². The number of piperazine rings is 1. The average molecular weight is 350 g/mol. The standard InChI is InChI=1S/C22H26N2O2/c1-16-20-15-19(9-10-21(20)26-22(16,3)17(2)25)24-13-11-23(12-14-24)18-7-5-4-6-8-18/h4-10,15-16H,11-14H2,1-3H3. The number of ether oxygens (including phenoxy) is 1. The normalized spacial score (nSPS) is 25.0. The molecule has 2 atom stereocenters. The number of Topliss-reactive ketones (excluding diaryl/α,β-unsaturated/α-hetero) is 1. The van der Waals surface area contributed by atoms with Crippen LogP contribution >= 0.6 is 0 Å². The van der Waals surface area contributed by atoms with Crippen LogP contribution in [0.1, 0.15) is 32.3 Å². The molecule has 0 radical (unpaired) electrons. The molecule has 2 heterocycles. The summed E-state index contributed by atoms with van der Waals surface area (Å²) < 4.78 is 6.01. The fraction of sp³-hybridized carbons (Fsp3) is 0.409. The molecule has 0 aromatic heterocycles. The number of para-hydroxylation sites is 1. The van der Waals surface area contributed by atoms with E-state index in [9.17, 15) is 4.79 Å². The molecular weight excluding hydrogens is 324 g/mol. The first-order valence-corrected chi connectivity index (χ1v) is 9.38. The molecule has 2 unspecified atom stereocenters. The van der Waals surface area contributed by atoms with E-state index in [1.807, 2.05) is 13.0 Å². The molecule has 4 rings (SSSR count). The van der Waals surface area contributed by atoms with E-state index in [0.717, 1.165) is 37.5 Å². The lowest BCUT2D eigenvalue weighted by molar-refractivity contribution is -0.130. The van der Waals surface area contributed by atoms with E-state index in [2.05, 4.69) is 59.2 Å². The maximum atomic E-state index is 12.1. The Hall–Kier alpha value is -2.49. The van der Waals surface area contributed by atoms with Crippen molar-refractivity contribution in [2.24, 2.45) is 0 Å². The van der Waals surface area contributed by atoms with Gasteiger partial charge in [-0.1, -0.05) is 25.1 Å². The van der Waals surface area contributed by atoms with Crippen molar-refractivity contribution >= 4 is 17.2 Å². The van der Waals surface area contributed by atoms with Gasteiger partial charge in [0, 0.05) is 49.0 Å². The SMILES string of the molecule is CC(=O)C1(C)Oc2ccc(N3CCN(c4ccccc4)CC3)cc2C1C. The number of carbonyl (C=O) groups excluding carboxylic acids is 1. The molecule has 2 aromatic rings. The third-order valence-corrected chi connectivity index (χ3v) is 6.07. The number of hydrogen-bond donors (Lipinski definition) is 0. The van der Waals surface area contributed by atoms with E-state index in [0.29, 0.717) is 0 Å². The molecule has 0 spiro atoms. The Morgan fingerprint density at radius 2 is 1.62 bits per heavy atom. The van der Waals surface area contributed by atoms with Crippen LogP contribution in [-0.2, 0) is 4.79 Å². The van der Waals surface area contributed by atoms with Gasteiger partial charge in [-0.05, 0) is 44.2 Å². The highest BCUT2D eigenvalue weighted by Crippen LogP contribution is 2.46. The van der Waals surface area contributed by atoms with Crippen LogP contribution in [0, 0.1) is 0 Å². The lowest BCUT2D eigenvalue weighted by Crippen LogP contribution is -2.46. The summed E-state index contributed by atoms with van der Waals surface area (Å²) in [6.07, 6.45) is 0. The first-order chi connectivity index (χ1) is 12.5. The minimum Gasteiger partial charge on any atom is -0.479 e. The van der Waals surface area contributed by atoms with Gasteiger partial charge in [0.25, 0.3) is 0 Å². The van der Waals surface area contributed by atoms with E-state index in [1.54, 1.807) is 6.92 Å². The summed E-state index contributed by atoms with van der Waals surface area (Å²) >= 11 is 0. The van der Waals surface area contributed by atoms with Crippen molar-refractivity contribution in [1.29, 1.82) is 0 Å². The number of carbonyl (C=O) groups is 1. The first-order valence-electron chi connectivity index (χ1n) is 9.38. The Kier molecular flexibility index (Phi) is 4.14.